The van der Waals surface area contributed by atoms with E-state index in [2.05, 4.69) is 18.4 Å². The highest BCUT2D eigenvalue weighted by molar-refractivity contribution is 7.96. The Hall–Kier alpha value is -0.395. The van der Waals surface area contributed by atoms with Gasteiger partial charge in [-0.1, -0.05) is 0 Å². The maximum Gasteiger partial charge on any atom is 0.673 e. The number of nitrogens with one attached hydrogen (secondary N) is 1. The Morgan fingerprint density at radius 3 is 1.33 bits per heavy atom. The Morgan fingerprint density at radius 1 is 1.33 bits per heavy atom. The van der Waals surface area contributed by atoms with E-state index in [0.717, 1.165) is 0 Å². The molecule has 56 valence electrons. The van der Waals surface area contributed by atoms with Gasteiger partial charge in [-0.05, 0) is 0 Å². The van der Waals surface area contributed by atoms with E-state index in [-0.39, 0.29) is 5.17 Å². The smallest absolute Gasteiger partial charge is 0.418 e. The summed E-state index contributed by atoms with van der Waals surface area (Å²) in [5, 5.41) is 6.00. The molecule has 0 aromatic carbocycles. The molecule has 0 radical (unpaired) electrons. The standard InChI is InChI=1S/CH4N2S.BF4/c2-1(3)4;2-1(3,4)5/h(H4,2,3,4);/q;-1. The van der Waals surface area contributed by atoms with Crippen LogP contribution in [-0.2, 0) is 0 Å². The number of hydrogen-bond donors (Lipinski definition) is 3. The van der Waals surface area contributed by atoms with E-state index in [1.54, 1.807) is 0 Å². The van der Waals surface area contributed by atoms with Crippen LogP contribution in [0, 0.1) is 5.41 Å². The lowest BCUT2D eigenvalue weighted by atomic mass is 10.3. The van der Waals surface area contributed by atoms with Gasteiger partial charge in [0, 0.05) is 0 Å². The van der Waals surface area contributed by atoms with E-state index < -0.39 is 7.25 Å². The molecule has 0 aliphatic heterocycles. The Labute approximate surface area is 54.4 Å². The molecular weight excluding hydrogens is 159 g/mol. The van der Waals surface area contributed by atoms with Gasteiger partial charge in [0.2, 0.25) is 0 Å². The molecule has 0 saturated carbocycles. The van der Waals surface area contributed by atoms with Gasteiger partial charge >= 0.3 is 7.25 Å². The normalized spacial score (nSPS) is 9.44. The molecular formula is CH4BF4N2S-. The first-order valence-corrected chi connectivity index (χ1v) is 2.08. The number of nitrogens with two attached hydrogens (primary N) is 1. The van der Waals surface area contributed by atoms with Gasteiger partial charge in [0.25, 0.3) is 0 Å². The summed E-state index contributed by atoms with van der Waals surface area (Å²) in [5.74, 6) is 0. The molecule has 0 aromatic rings. The van der Waals surface area contributed by atoms with Crippen molar-refractivity contribution in [1.29, 1.82) is 5.41 Å². The molecule has 0 atom stereocenters. The number of halogens is 4. The number of amidine groups is 1. The lowest BCUT2D eigenvalue weighted by molar-refractivity contribution is 0.368. The second-order valence-corrected chi connectivity index (χ2v) is 1.36. The summed E-state index contributed by atoms with van der Waals surface area (Å²) in [6.07, 6.45) is 0. The van der Waals surface area contributed by atoms with Gasteiger partial charge in [-0.25, -0.2) is 0 Å². The third kappa shape index (κ3) is 1530. The summed E-state index contributed by atoms with van der Waals surface area (Å²) in [7, 11) is -6.00. The Morgan fingerprint density at radius 2 is 1.33 bits per heavy atom. The second-order valence-electron chi connectivity index (χ2n) is 0.880. The van der Waals surface area contributed by atoms with Crippen LogP contribution in [0.3, 0.4) is 0 Å². The molecule has 3 N–H and O–H groups in total. The van der Waals surface area contributed by atoms with Crippen molar-refractivity contribution in [2.24, 2.45) is 5.73 Å². The SMILES string of the molecule is F[B-](F)(F)F.N=C(N)S. The van der Waals surface area contributed by atoms with Crippen molar-refractivity contribution in [3.05, 3.63) is 0 Å². The maximum absolute atomic E-state index is 9.75. The van der Waals surface area contributed by atoms with Crippen molar-refractivity contribution >= 4 is 25.1 Å². The van der Waals surface area contributed by atoms with Crippen LogP contribution in [-0.4, -0.2) is 12.4 Å². The minimum Gasteiger partial charge on any atom is -0.418 e. The van der Waals surface area contributed by atoms with Crippen LogP contribution in [0.4, 0.5) is 17.3 Å². The zero-order valence-electron chi connectivity index (χ0n) is 4.11. The van der Waals surface area contributed by atoms with Crippen LogP contribution in [0.1, 0.15) is 0 Å². The first kappa shape index (κ1) is 11.4. The predicted molar refractivity (Wildman–Crippen MR) is 31.1 cm³/mol. The van der Waals surface area contributed by atoms with E-state index in [1.807, 2.05) is 0 Å². The van der Waals surface area contributed by atoms with E-state index in [4.69, 9.17) is 5.41 Å². The van der Waals surface area contributed by atoms with Crippen molar-refractivity contribution in [2.75, 3.05) is 0 Å². The van der Waals surface area contributed by atoms with Crippen LogP contribution in [0.25, 0.3) is 0 Å². The van der Waals surface area contributed by atoms with Crippen LogP contribution in [0.15, 0.2) is 0 Å². The van der Waals surface area contributed by atoms with E-state index in [0.29, 0.717) is 0 Å². The van der Waals surface area contributed by atoms with E-state index in [9.17, 15) is 17.3 Å². The van der Waals surface area contributed by atoms with Crippen molar-refractivity contribution < 1.29 is 17.3 Å². The average Bonchev–Trinajstić information content (AvgIpc) is 1.19. The molecule has 0 rings (SSSR count). The molecule has 0 heterocycles. The topological polar surface area (TPSA) is 49.9 Å². The lowest BCUT2D eigenvalue weighted by Gasteiger charge is -1.94. The molecule has 0 aliphatic carbocycles. The molecule has 0 aliphatic rings. The van der Waals surface area contributed by atoms with Gasteiger partial charge in [0.1, 0.15) is 5.17 Å². The fourth-order valence-corrected chi connectivity index (χ4v) is 0. The Balaban J connectivity index is 0. The number of rotatable bonds is 0. The van der Waals surface area contributed by atoms with Gasteiger partial charge in [0.15, 0.2) is 0 Å². The fraction of sp³-hybridized carbons (Fsp3) is 0. The Bertz CT molecular complexity index is 81.1. The lowest BCUT2D eigenvalue weighted by Crippen LogP contribution is -2.02. The molecule has 0 spiro atoms. The summed E-state index contributed by atoms with van der Waals surface area (Å²) in [5.41, 5.74) is 4.56. The van der Waals surface area contributed by atoms with Gasteiger partial charge < -0.3 is 23.0 Å². The molecule has 0 fully saturated rings. The van der Waals surface area contributed by atoms with Crippen LogP contribution in [0.2, 0.25) is 0 Å². The van der Waals surface area contributed by atoms with Gasteiger partial charge in [-0.2, -0.15) is 0 Å². The van der Waals surface area contributed by atoms with Crippen molar-refractivity contribution in [3.63, 3.8) is 0 Å². The monoisotopic (exact) mass is 163 g/mol. The van der Waals surface area contributed by atoms with E-state index >= 15 is 0 Å². The first-order valence-electron chi connectivity index (χ1n) is 1.64. The molecule has 8 heteroatoms. The predicted octanol–water partition coefficient (Wildman–Crippen LogP) is 1.11. The third-order valence-corrected chi connectivity index (χ3v) is 0. The summed E-state index contributed by atoms with van der Waals surface area (Å²) < 4.78 is 39.0. The number of hydrogen-bond acceptors (Lipinski definition) is 1. The second kappa shape index (κ2) is 4.48. The van der Waals surface area contributed by atoms with Crippen molar-refractivity contribution in [3.8, 4) is 0 Å². The minimum atomic E-state index is -6.00. The van der Waals surface area contributed by atoms with Gasteiger partial charge in [0.05, 0.1) is 0 Å². The van der Waals surface area contributed by atoms with Crippen LogP contribution in [0.5, 0.6) is 0 Å². The van der Waals surface area contributed by atoms with Crippen molar-refractivity contribution in [2.45, 2.75) is 0 Å². The van der Waals surface area contributed by atoms with Crippen molar-refractivity contribution in [1.82, 2.24) is 0 Å². The third-order valence-electron chi connectivity index (χ3n) is 0. The summed E-state index contributed by atoms with van der Waals surface area (Å²) >= 11 is 3.33. The molecule has 0 bridgehead atoms. The largest absolute Gasteiger partial charge is 0.673 e. The summed E-state index contributed by atoms with van der Waals surface area (Å²) in [6, 6.07) is 0. The highest BCUT2D eigenvalue weighted by Crippen LogP contribution is 2.06. The average molecular weight is 163 g/mol. The van der Waals surface area contributed by atoms with Gasteiger partial charge in [-0.15, -0.1) is 12.6 Å². The zero-order chi connectivity index (χ0) is 8.08. The minimum absolute atomic E-state index is 0.139. The van der Waals surface area contributed by atoms with Gasteiger partial charge in [-0.3, -0.25) is 5.41 Å². The molecule has 0 amide bonds. The number of thiol groups is 1. The molecule has 0 aromatic heterocycles. The summed E-state index contributed by atoms with van der Waals surface area (Å²) in [4.78, 5) is 0. The molecule has 0 unspecified atom stereocenters. The maximum atomic E-state index is 9.75. The summed E-state index contributed by atoms with van der Waals surface area (Å²) in [6.45, 7) is 0. The van der Waals surface area contributed by atoms with E-state index in [1.165, 1.54) is 0 Å². The quantitative estimate of drug-likeness (QED) is 0.162. The molecule has 2 nitrogen and oxygen atoms in total. The highest BCUT2D eigenvalue weighted by atomic mass is 32.1. The van der Waals surface area contributed by atoms with Crippen LogP contribution < -0.4 is 5.73 Å². The zero-order valence-corrected chi connectivity index (χ0v) is 5.01. The Kier molecular flexibility index (Phi) is 5.68. The first-order chi connectivity index (χ1) is 3.73. The molecule has 9 heavy (non-hydrogen) atoms. The fourth-order valence-electron chi connectivity index (χ4n) is 0. The highest BCUT2D eigenvalue weighted by Gasteiger charge is 2.20. The molecule has 0 saturated heterocycles. The van der Waals surface area contributed by atoms with Crippen LogP contribution >= 0.6 is 12.6 Å².